The van der Waals surface area contributed by atoms with E-state index < -0.39 is 0 Å². The highest BCUT2D eigenvalue weighted by atomic mass is 32.1. The van der Waals surface area contributed by atoms with Gasteiger partial charge >= 0.3 is 0 Å². The Morgan fingerprint density at radius 2 is 2.29 bits per heavy atom. The molecule has 0 bridgehead atoms. The van der Waals surface area contributed by atoms with E-state index in [2.05, 4.69) is 41.2 Å². The summed E-state index contributed by atoms with van der Waals surface area (Å²) in [7, 11) is 1.87. The summed E-state index contributed by atoms with van der Waals surface area (Å²) in [5.74, 6) is 0. The lowest BCUT2D eigenvalue weighted by Crippen LogP contribution is -2.51. The van der Waals surface area contributed by atoms with Crippen molar-refractivity contribution in [1.82, 2.24) is 15.1 Å². The summed E-state index contributed by atoms with van der Waals surface area (Å²) in [6.45, 7) is 9.14. The summed E-state index contributed by atoms with van der Waals surface area (Å²) < 4.78 is 5.88. The van der Waals surface area contributed by atoms with E-state index in [1.54, 1.807) is 11.3 Å². The van der Waals surface area contributed by atoms with Gasteiger partial charge in [0.05, 0.1) is 18.2 Å². The van der Waals surface area contributed by atoms with Crippen molar-refractivity contribution in [3.8, 4) is 0 Å². The van der Waals surface area contributed by atoms with Crippen LogP contribution in [0.25, 0.3) is 0 Å². The molecule has 0 radical (unpaired) electrons. The second kappa shape index (κ2) is 4.88. The molecule has 96 valence electrons. The van der Waals surface area contributed by atoms with Crippen LogP contribution >= 0.6 is 11.3 Å². The Balaban J connectivity index is 1.98. The quantitative estimate of drug-likeness (QED) is 0.890. The average molecular weight is 256 g/mol. The Labute approximate surface area is 106 Å². The lowest BCUT2D eigenvalue weighted by Gasteiger charge is -2.41. The van der Waals surface area contributed by atoms with Crippen LogP contribution in [0, 0.1) is 0 Å². The molecule has 2 rings (SSSR count). The molecule has 2 heterocycles. The van der Waals surface area contributed by atoms with E-state index in [4.69, 9.17) is 4.74 Å². The van der Waals surface area contributed by atoms with Crippen LogP contribution in [0.4, 0.5) is 5.13 Å². The number of rotatable bonds is 3. The second-order valence-electron chi connectivity index (χ2n) is 5.11. The van der Waals surface area contributed by atoms with Crippen LogP contribution in [0.15, 0.2) is 0 Å². The average Bonchev–Trinajstić information content (AvgIpc) is 2.62. The van der Waals surface area contributed by atoms with E-state index in [9.17, 15) is 0 Å². The van der Waals surface area contributed by atoms with Crippen molar-refractivity contribution in [1.29, 1.82) is 0 Å². The van der Waals surface area contributed by atoms with E-state index in [1.807, 2.05) is 7.05 Å². The van der Waals surface area contributed by atoms with Gasteiger partial charge in [0, 0.05) is 20.1 Å². The molecule has 0 aliphatic carbocycles. The predicted octanol–water partition coefficient (Wildman–Crippen LogP) is 1.58. The van der Waals surface area contributed by atoms with Crippen molar-refractivity contribution in [2.24, 2.45) is 0 Å². The molecule has 6 heteroatoms. The third-order valence-corrected chi connectivity index (χ3v) is 3.60. The van der Waals surface area contributed by atoms with Crippen molar-refractivity contribution < 1.29 is 4.74 Å². The van der Waals surface area contributed by atoms with Gasteiger partial charge in [-0.3, -0.25) is 4.90 Å². The molecule has 0 amide bonds. The van der Waals surface area contributed by atoms with Crippen LogP contribution in [0.3, 0.4) is 0 Å². The maximum atomic E-state index is 5.88. The Bertz CT molecular complexity index is 379. The summed E-state index contributed by atoms with van der Waals surface area (Å²) in [5, 5.41) is 13.2. The van der Waals surface area contributed by atoms with Gasteiger partial charge in [-0.2, -0.15) is 0 Å². The van der Waals surface area contributed by atoms with Gasteiger partial charge in [-0.25, -0.2) is 0 Å². The van der Waals surface area contributed by atoms with Crippen molar-refractivity contribution in [2.75, 3.05) is 25.5 Å². The maximum absolute atomic E-state index is 5.88. The first-order chi connectivity index (χ1) is 7.98. The van der Waals surface area contributed by atoms with E-state index >= 15 is 0 Å². The highest BCUT2D eigenvalue weighted by Gasteiger charge is 2.31. The molecule has 1 aliphatic rings. The first-order valence-electron chi connectivity index (χ1n) is 5.89. The molecule has 17 heavy (non-hydrogen) atoms. The fraction of sp³-hybridized carbons (Fsp3) is 0.818. The number of nitrogens with zero attached hydrogens (tertiary/aromatic N) is 3. The number of hydrogen-bond donors (Lipinski definition) is 1. The molecule has 1 N–H and O–H groups in total. The maximum Gasteiger partial charge on any atom is 0.205 e. The highest BCUT2D eigenvalue weighted by molar-refractivity contribution is 7.15. The van der Waals surface area contributed by atoms with Crippen LogP contribution < -0.4 is 5.32 Å². The van der Waals surface area contributed by atoms with Crippen LogP contribution in [-0.4, -0.2) is 46.9 Å². The van der Waals surface area contributed by atoms with Gasteiger partial charge in [0.25, 0.3) is 0 Å². The van der Waals surface area contributed by atoms with Crippen molar-refractivity contribution >= 4 is 16.5 Å². The second-order valence-corrected chi connectivity index (χ2v) is 6.17. The molecule has 0 aromatic carbocycles. The molecule has 0 saturated carbocycles. The Morgan fingerprint density at radius 1 is 1.53 bits per heavy atom. The molecule has 5 nitrogen and oxygen atoms in total. The zero-order valence-electron chi connectivity index (χ0n) is 10.9. The minimum absolute atomic E-state index is 0.0752. The van der Waals surface area contributed by atoms with Gasteiger partial charge in [0.15, 0.2) is 0 Å². The molecule has 1 aromatic rings. The number of morpholine rings is 1. The Kier molecular flexibility index (Phi) is 3.65. The smallest absolute Gasteiger partial charge is 0.205 e. The number of aromatic nitrogens is 2. The number of anilines is 1. The number of hydrogen-bond acceptors (Lipinski definition) is 6. The topological polar surface area (TPSA) is 50.3 Å². The summed E-state index contributed by atoms with van der Waals surface area (Å²) in [4.78, 5) is 2.38. The van der Waals surface area contributed by atoms with E-state index in [-0.39, 0.29) is 11.7 Å². The number of ether oxygens (including phenoxy) is 1. The fourth-order valence-corrected chi connectivity index (χ4v) is 3.05. The standard InChI is InChI=1S/C11H20N4OS/c1-8-5-15(7-11(2,3)16-8)6-9-13-14-10(12-4)17-9/h8H,5-7H2,1-4H3,(H,12,14). The zero-order valence-corrected chi connectivity index (χ0v) is 11.7. The van der Waals surface area contributed by atoms with Gasteiger partial charge in [0.1, 0.15) is 5.01 Å². The van der Waals surface area contributed by atoms with Gasteiger partial charge in [-0.1, -0.05) is 11.3 Å². The normalized spacial score (nSPS) is 24.8. The van der Waals surface area contributed by atoms with Gasteiger partial charge in [0.2, 0.25) is 5.13 Å². The van der Waals surface area contributed by atoms with Crippen molar-refractivity contribution in [3.63, 3.8) is 0 Å². The van der Waals surface area contributed by atoms with Crippen molar-refractivity contribution in [3.05, 3.63) is 5.01 Å². The summed E-state index contributed by atoms with van der Waals surface area (Å²) in [5.41, 5.74) is -0.0752. The van der Waals surface area contributed by atoms with Gasteiger partial charge < -0.3 is 10.1 Å². The van der Waals surface area contributed by atoms with Crippen LogP contribution in [0.2, 0.25) is 0 Å². The first-order valence-corrected chi connectivity index (χ1v) is 6.70. The van der Waals surface area contributed by atoms with Crippen molar-refractivity contribution in [2.45, 2.75) is 39.0 Å². The predicted molar refractivity (Wildman–Crippen MR) is 69.4 cm³/mol. The summed E-state index contributed by atoms with van der Waals surface area (Å²) in [6, 6.07) is 0. The summed E-state index contributed by atoms with van der Waals surface area (Å²) in [6.07, 6.45) is 0.274. The van der Waals surface area contributed by atoms with Gasteiger partial charge in [-0.15, -0.1) is 10.2 Å². The van der Waals surface area contributed by atoms with E-state index in [1.165, 1.54) is 0 Å². The van der Waals surface area contributed by atoms with Crippen LogP contribution in [-0.2, 0) is 11.3 Å². The lowest BCUT2D eigenvalue weighted by atomic mass is 10.1. The third-order valence-electron chi connectivity index (χ3n) is 2.68. The first kappa shape index (κ1) is 12.7. The molecule has 1 atom stereocenters. The Hall–Kier alpha value is -0.720. The monoisotopic (exact) mass is 256 g/mol. The van der Waals surface area contributed by atoms with Crippen LogP contribution in [0.5, 0.6) is 0 Å². The van der Waals surface area contributed by atoms with E-state index in [0.717, 1.165) is 29.8 Å². The molecule has 0 spiro atoms. The van der Waals surface area contributed by atoms with E-state index in [0.29, 0.717) is 0 Å². The molecule has 1 aromatic heterocycles. The fourth-order valence-electron chi connectivity index (χ4n) is 2.32. The SMILES string of the molecule is CNc1nnc(CN2CC(C)OC(C)(C)C2)s1. The minimum atomic E-state index is -0.0752. The van der Waals surface area contributed by atoms with Crippen LogP contribution in [0.1, 0.15) is 25.8 Å². The lowest BCUT2D eigenvalue weighted by molar-refractivity contribution is -0.130. The highest BCUT2D eigenvalue weighted by Crippen LogP contribution is 2.23. The van der Waals surface area contributed by atoms with Gasteiger partial charge in [-0.05, 0) is 20.8 Å². The molecular weight excluding hydrogens is 236 g/mol. The molecule has 1 aliphatic heterocycles. The Morgan fingerprint density at radius 3 is 2.88 bits per heavy atom. The number of nitrogens with one attached hydrogen (secondary N) is 1. The molecule has 1 fully saturated rings. The third kappa shape index (κ3) is 3.37. The molecule has 1 unspecified atom stereocenters. The minimum Gasteiger partial charge on any atom is -0.370 e. The zero-order chi connectivity index (χ0) is 12.5. The molecule has 1 saturated heterocycles. The molecular formula is C11H20N4OS. The largest absolute Gasteiger partial charge is 0.370 e. The summed E-state index contributed by atoms with van der Waals surface area (Å²) >= 11 is 1.61.